The molecule has 0 radical (unpaired) electrons. The third-order valence-corrected chi connectivity index (χ3v) is 7.18. The summed E-state index contributed by atoms with van der Waals surface area (Å²) < 4.78 is 73.5. The van der Waals surface area contributed by atoms with Crippen molar-refractivity contribution in [3.63, 3.8) is 0 Å². The van der Waals surface area contributed by atoms with Gasteiger partial charge in [-0.2, -0.15) is 18.3 Å². The lowest BCUT2D eigenvalue weighted by molar-refractivity contribution is -0.137. The average Bonchev–Trinajstić information content (AvgIpc) is 3.57. The van der Waals surface area contributed by atoms with E-state index in [9.17, 15) is 36.3 Å². The fourth-order valence-corrected chi connectivity index (χ4v) is 5.10. The van der Waals surface area contributed by atoms with Gasteiger partial charge in [-0.3, -0.25) is 9.59 Å². The van der Waals surface area contributed by atoms with E-state index in [1.165, 1.54) is 6.08 Å². The maximum atomic E-state index is 14.5. The van der Waals surface area contributed by atoms with Gasteiger partial charge in [0.25, 0.3) is 11.8 Å². The SMILES string of the molecule is C=CCOC(=O)c1ccc2c(c1C)CCC2NC(=O)c1cc(C(=O)NCc2cc(F)cc(C(F)(F)F)c2)nc2c(F)cnn12. The van der Waals surface area contributed by atoms with Gasteiger partial charge >= 0.3 is 12.1 Å². The number of benzene rings is 2. The van der Waals surface area contributed by atoms with Crippen LogP contribution >= 0.6 is 0 Å². The summed E-state index contributed by atoms with van der Waals surface area (Å²) in [6.07, 6.45) is -1.47. The molecule has 2 aromatic carbocycles. The summed E-state index contributed by atoms with van der Waals surface area (Å²) in [5.74, 6) is -4.22. The molecule has 1 aliphatic carbocycles. The van der Waals surface area contributed by atoms with Crippen molar-refractivity contribution in [1.29, 1.82) is 0 Å². The van der Waals surface area contributed by atoms with Crippen molar-refractivity contribution in [3.8, 4) is 0 Å². The Hall–Kier alpha value is -5.14. The van der Waals surface area contributed by atoms with Crippen LogP contribution in [0.2, 0.25) is 0 Å². The van der Waals surface area contributed by atoms with E-state index in [2.05, 4.69) is 27.3 Å². The Morgan fingerprint density at radius 2 is 1.91 bits per heavy atom. The first-order valence-electron chi connectivity index (χ1n) is 13.3. The van der Waals surface area contributed by atoms with Crippen LogP contribution in [0.5, 0.6) is 0 Å². The number of carbonyl (C=O) groups excluding carboxylic acids is 3. The molecule has 1 aliphatic rings. The highest BCUT2D eigenvalue weighted by molar-refractivity contribution is 5.98. The van der Waals surface area contributed by atoms with Crippen LogP contribution in [0.4, 0.5) is 22.0 Å². The predicted octanol–water partition coefficient (Wildman–Crippen LogP) is 5.02. The number of carbonyl (C=O) groups is 3. The van der Waals surface area contributed by atoms with E-state index in [4.69, 9.17) is 4.74 Å². The van der Waals surface area contributed by atoms with Crippen molar-refractivity contribution in [2.75, 3.05) is 6.61 Å². The van der Waals surface area contributed by atoms with Crippen LogP contribution in [0.3, 0.4) is 0 Å². The lowest BCUT2D eigenvalue weighted by Gasteiger charge is -2.16. The minimum absolute atomic E-state index is 0.0618. The lowest BCUT2D eigenvalue weighted by atomic mass is 9.98. The van der Waals surface area contributed by atoms with E-state index in [0.29, 0.717) is 36.1 Å². The van der Waals surface area contributed by atoms with Crippen LogP contribution in [0.25, 0.3) is 5.65 Å². The number of fused-ring (bicyclic) bond motifs is 2. The van der Waals surface area contributed by atoms with Crippen molar-refractivity contribution >= 4 is 23.4 Å². The Bertz CT molecular complexity index is 1820. The molecular weight excluding hydrogens is 589 g/mol. The number of esters is 1. The Morgan fingerprint density at radius 1 is 1.14 bits per heavy atom. The van der Waals surface area contributed by atoms with Gasteiger partial charge < -0.3 is 15.4 Å². The van der Waals surface area contributed by atoms with Crippen LogP contribution in [0.1, 0.15) is 71.6 Å². The summed E-state index contributed by atoms with van der Waals surface area (Å²) in [5.41, 5.74) is 0.278. The number of amides is 2. The second kappa shape index (κ2) is 11.9. The second-order valence-corrected chi connectivity index (χ2v) is 10.0. The highest BCUT2D eigenvalue weighted by Gasteiger charge is 2.32. The van der Waals surface area contributed by atoms with E-state index < -0.39 is 65.1 Å². The summed E-state index contributed by atoms with van der Waals surface area (Å²) in [5, 5.41) is 9.02. The minimum atomic E-state index is -4.80. The number of nitrogens with zero attached hydrogens (tertiary/aromatic N) is 3. The lowest BCUT2D eigenvalue weighted by Crippen LogP contribution is -2.31. The molecule has 0 bridgehead atoms. The molecule has 0 spiro atoms. The van der Waals surface area contributed by atoms with Crippen LogP contribution in [-0.4, -0.2) is 39.0 Å². The molecule has 0 saturated heterocycles. The van der Waals surface area contributed by atoms with Gasteiger partial charge in [0.05, 0.1) is 23.4 Å². The number of aromatic nitrogens is 3. The van der Waals surface area contributed by atoms with Crippen molar-refractivity contribution in [3.05, 3.63) is 112 Å². The topological polar surface area (TPSA) is 115 Å². The number of alkyl halides is 3. The summed E-state index contributed by atoms with van der Waals surface area (Å²) in [6.45, 7) is 4.86. The highest BCUT2D eigenvalue weighted by Crippen LogP contribution is 2.35. The Balaban J connectivity index is 1.37. The monoisotopic (exact) mass is 613 g/mol. The van der Waals surface area contributed by atoms with E-state index in [0.717, 1.165) is 34.0 Å². The van der Waals surface area contributed by atoms with Crippen molar-refractivity contribution < 1.29 is 41.1 Å². The molecule has 5 rings (SSSR count). The first-order valence-corrected chi connectivity index (χ1v) is 13.3. The predicted molar refractivity (Wildman–Crippen MR) is 146 cm³/mol. The Labute approximate surface area is 246 Å². The van der Waals surface area contributed by atoms with Gasteiger partial charge in [0.15, 0.2) is 11.5 Å². The van der Waals surface area contributed by atoms with Gasteiger partial charge in [0.2, 0.25) is 0 Å². The van der Waals surface area contributed by atoms with Gasteiger partial charge in [-0.25, -0.2) is 23.1 Å². The molecule has 1 unspecified atom stereocenters. The quantitative estimate of drug-likeness (QED) is 0.164. The highest BCUT2D eigenvalue weighted by atomic mass is 19.4. The molecule has 1 atom stereocenters. The van der Waals surface area contributed by atoms with Gasteiger partial charge in [-0.15, -0.1) is 0 Å². The zero-order valence-corrected chi connectivity index (χ0v) is 23.1. The molecular formula is C30H24F5N5O4. The maximum Gasteiger partial charge on any atom is 0.416 e. The van der Waals surface area contributed by atoms with Crippen LogP contribution in [0.15, 0.2) is 55.3 Å². The van der Waals surface area contributed by atoms with Crippen molar-refractivity contribution in [2.24, 2.45) is 0 Å². The summed E-state index contributed by atoms with van der Waals surface area (Å²) >= 11 is 0. The first kappa shape index (κ1) is 30.3. The third-order valence-electron chi connectivity index (χ3n) is 7.18. The molecule has 0 saturated carbocycles. The number of rotatable bonds is 8. The molecule has 228 valence electrons. The largest absolute Gasteiger partial charge is 0.458 e. The van der Waals surface area contributed by atoms with Gasteiger partial charge in [-0.1, -0.05) is 18.7 Å². The fourth-order valence-electron chi connectivity index (χ4n) is 5.10. The second-order valence-electron chi connectivity index (χ2n) is 10.0. The molecule has 9 nitrogen and oxygen atoms in total. The standard InChI is InChI=1S/C30H24F5N5O4/c1-3-8-44-29(43)20-4-5-21-19(15(20)2)6-7-23(21)39-28(42)25-12-24(38-26-22(32)14-37-40(25)26)27(41)36-13-16-9-17(30(33,34)35)11-18(31)10-16/h3-5,9-12,14,23H,1,6-8,13H2,2H3,(H,36,41)(H,39,42). The average molecular weight is 614 g/mol. The van der Waals surface area contributed by atoms with Crippen molar-refractivity contribution in [1.82, 2.24) is 25.2 Å². The zero-order valence-electron chi connectivity index (χ0n) is 23.1. The summed E-state index contributed by atoms with van der Waals surface area (Å²) in [7, 11) is 0. The molecule has 2 heterocycles. The van der Waals surface area contributed by atoms with Crippen molar-refractivity contribution in [2.45, 2.75) is 38.5 Å². The third kappa shape index (κ3) is 6.00. The smallest absolute Gasteiger partial charge is 0.416 e. The molecule has 0 aliphatic heterocycles. The van der Waals surface area contributed by atoms with E-state index in [1.807, 2.05) is 0 Å². The molecule has 2 amide bonds. The van der Waals surface area contributed by atoms with Crippen LogP contribution in [-0.2, 0) is 23.9 Å². The Kier molecular flexibility index (Phi) is 8.17. The van der Waals surface area contributed by atoms with Crippen LogP contribution < -0.4 is 10.6 Å². The Morgan fingerprint density at radius 3 is 2.64 bits per heavy atom. The molecule has 14 heteroatoms. The van der Waals surface area contributed by atoms with E-state index in [-0.39, 0.29) is 17.9 Å². The number of nitrogens with one attached hydrogen (secondary N) is 2. The zero-order chi connectivity index (χ0) is 31.8. The molecule has 44 heavy (non-hydrogen) atoms. The molecule has 4 aromatic rings. The fraction of sp³-hybridized carbons (Fsp3) is 0.233. The summed E-state index contributed by atoms with van der Waals surface area (Å²) in [4.78, 5) is 42.7. The van der Waals surface area contributed by atoms with Gasteiger partial charge in [-0.05, 0) is 66.3 Å². The summed E-state index contributed by atoms with van der Waals surface area (Å²) in [6, 6.07) is 5.75. The number of ether oxygens (including phenoxy) is 1. The number of hydrogen-bond donors (Lipinski definition) is 2. The number of halogens is 5. The normalized spacial score (nSPS) is 14.3. The van der Waals surface area contributed by atoms with E-state index >= 15 is 0 Å². The maximum absolute atomic E-state index is 14.5. The van der Waals surface area contributed by atoms with E-state index in [1.54, 1.807) is 19.1 Å². The number of hydrogen-bond acceptors (Lipinski definition) is 6. The molecule has 0 fully saturated rings. The first-order chi connectivity index (χ1) is 20.9. The van der Waals surface area contributed by atoms with Gasteiger partial charge in [0, 0.05) is 12.6 Å². The van der Waals surface area contributed by atoms with Gasteiger partial charge in [0.1, 0.15) is 23.8 Å². The molecule has 2 aromatic heterocycles. The van der Waals surface area contributed by atoms with Crippen LogP contribution in [0, 0.1) is 18.6 Å². The minimum Gasteiger partial charge on any atom is -0.458 e. The molecule has 2 N–H and O–H groups in total.